The minimum atomic E-state index is -3.70. The average molecular weight is 598 g/mol. The van der Waals surface area contributed by atoms with Crippen LogP contribution in [0.2, 0.25) is 0 Å². The zero-order valence-electron chi connectivity index (χ0n) is 22.7. The Morgan fingerprint density at radius 1 is 1.32 bits per heavy atom. The third kappa shape index (κ3) is 7.71. The van der Waals surface area contributed by atoms with Gasteiger partial charge in [-0.15, -0.1) is 11.8 Å². The Kier molecular flexibility index (Phi) is 10.8. The van der Waals surface area contributed by atoms with Crippen LogP contribution in [0.4, 0.5) is 10.2 Å². The van der Waals surface area contributed by atoms with Gasteiger partial charge >= 0.3 is 19.3 Å². The number of hydrogen-bond acceptors (Lipinski definition) is 9. The fourth-order valence-corrected chi connectivity index (χ4v) is 7.81. The number of halogens is 1. The maximum atomic E-state index is 14.3. The number of nitrogens with one attached hydrogen (secondary N) is 1. The SMILES string of the molecule is CCCCOC(=O)[C@H](C)NP(=O)(OC[C@@H]1O[C@H](n2cc(F)c(N)nc2=O)CS1)N1CCC(c2ccccc2)CC1. The van der Waals surface area contributed by atoms with E-state index in [1.165, 1.54) is 17.3 Å². The molecule has 2 fully saturated rings. The van der Waals surface area contributed by atoms with E-state index in [-0.39, 0.29) is 6.61 Å². The first-order valence-corrected chi connectivity index (χ1v) is 16.1. The van der Waals surface area contributed by atoms with Crippen molar-refractivity contribution >= 4 is 31.2 Å². The van der Waals surface area contributed by atoms with Crippen molar-refractivity contribution in [1.29, 1.82) is 0 Å². The highest BCUT2D eigenvalue weighted by Gasteiger charge is 2.40. The Hall–Kier alpha value is -2.28. The van der Waals surface area contributed by atoms with Gasteiger partial charge in [0.2, 0.25) is 0 Å². The Morgan fingerprint density at radius 2 is 2.05 bits per heavy atom. The molecule has 0 spiro atoms. The summed E-state index contributed by atoms with van der Waals surface area (Å²) in [4.78, 5) is 28.2. The largest absolute Gasteiger partial charge is 0.465 e. The monoisotopic (exact) mass is 597 g/mol. The summed E-state index contributed by atoms with van der Waals surface area (Å²) >= 11 is 1.34. The lowest BCUT2D eigenvalue weighted by Crippen LogP contribution is -2.42. The number of nitrogens with zero attached hydrogens (tertiary/aromatic N) is 3. The molecule has 0 aliphatic carbocycles. The average Bonchev–Trinajstić information content (AvgIpc) is 3.43. The van der Waals surface area contributed by atoms with Gasteiger partial charge in [-0.3, -0.25) is 13.9 Å². The number of carbonyl (C=O) groups excluding carboxylic acids is 1. The van der Waals surface area contributed by atoms with Crippen molar-refractivity contribution in [2.45, 2.75) is 63.2 Å². The number of aromatic nitrogens is 2. The lowest BCUT2D eigenvalue weighted by Gasteiger charge is -2.38. The summed E-state index contributed by atoms with van der Waals surface area (Å²) in [6.07, 6.45) is 3.38. The quantitative estimate of drug-likeness (QED) is 0.209. The van der Waals surface area contributed by atoms with Crippen LogP contribution < -0.4 is 16.5 Å². The highest BCUT2D eigenvalue weighted by atomic mass is 32.2. The molecule has 2 aromatic rings. The number of benzene rings is 1. The Bertz CT molecular complexity index is 1250. The van der Waals surface area contributed by atoms with Gasteiger partial charge in [-0.1, -0.05) is 43.7 Å². The number of ether oxygens (including phenoxy) is 2. The zero-order chi connectivity index (χ0) is 28.7. The van der Waals surface area contributed by atoms with Crippen molar-refractivity contribution in [1.82, 2.24) is 19.3 Å². The van der Waals surface area contributed by atoms with Gasteiger partial charge in [-0.05, 0) is 37.7 Å². The van der Waals surface area contributed by atoms with Crippen molar-refractivity contribution in [2.24, 2.45) is 0 Å². The smallest absolute Gasteiger partial charge is 0.351 e. The zero-order valence-corrected chi connectivity index (χ0v) is 24.5. The van der Waals surface area contributed by atoms with Gasteiger partial charge in [0, 0.05) is 18.8 Å². The third-order valence-electron chi connectivity index (χ3n) is 6.93. The van der Waals surface area contributed by atoms with E-state index < -0.39 is 48.7 Å². The highest BCUT2D eigenvalue weighted by Crippen LogP contribution is 2.51. The third-order valence-corrected chi connectivity index (χ3v) is 10.4. The standard InChI is InChI=1S/C26H37FN5O6PS/c1-3-4-14-36-25(33)18(2)30-39(35,31-12-10-20(11-13-31)19-8-6-5-7-9-19)37-16-23-38-22(17-40-23)32-15-21(27)24(28)29-26(32)34/h5-9,15,18,20,22-23H,3-4,10-14,16-17H2,1-2H3,(H,30,35)(H2,28,29,34)/t18-,22-,23+,39?/m0/s1. The Labute approximate surface area is 237 Å². The molecule has 3 heterocycles. The molecular weight excluding hydrogens is 560 g/mol. The maximum absolute atomic E-state index is 14.3. The molecule has 3 N–H and O–H groups in total. The van der Waals surface area contributed by atoms with E-state index in [1.54, 1.807) is 11.6 Å². The number of unbranched alkanes of at least 4 members (excludes halogenated alkanes) is 1. The van der Waals surface area contributed by atoms with E-state index in [0.717, 1.165) is 36.4 Å². The summed E-state index contributed by atoms with van der Waals surface area (Å²) in [6, 6.07) is 9.35. The first kappa shape index (κ1) is 30.7. The van der Waals surface area contributed by atoms with Crippen LogP contribution in [0.15, 0.2) is 41.3 Å². The molecule has 40 heavy (non-hydrogen) atoms. The minimum Gasteiger partial charge on any atom is -0.465 e. The number of rotatable bonds is 12. The molecule has 0 amide bonds. The summed E-state index contributed by atoms with van der Waals surface area (Å²) in [5.41, 5.74) is 5.31. The van der Waals surface area contributed by atoms with Gasteiger partial charge in [0.15, 0.2) is 11.6 Å². The van der Waals surface area contributed by atoms with Crippen LogP contribution in [0.5, 0.6) is 0 Å². The van der Waals surface area contributed by atoms with Crippen LogP contribution in [0, 0.1) is 5.82 Å². The molecule has 2 aliphatic heterocycles. The minimum absolute atomic E-state index is 0.0820. The lowest BCUT2D eigenvalue weighted by atomic mass is 9.90. The topological polar surface area (TPSA) is 138 Å². The number of carbonyl (C=O) groups is 1. The fourth-order valence-electron chi connectivity index (χ4n) is 4.63. The van der Waals surface area contributed by atoms with Crippen molar-refractivity contribution in [3.63, 3.8) is 0 Å². The lowest BCUT2D eigenvalue weighted by molar-refractivity contribution is -0.145. The number of nitrogens with two attached hydrogens (primary N) is 1. The molecule has 2 aliphatic rings. The number of nitrogen functional groups attached to an aromatic ring is 1. The molecule has 14 heteroatoms. The molecule has 1 unspecified atom stereocenters. The summed E-state index contributed by atoms with van der Waals surface area (Å²) in [7, 11) is -3.70. The van der Waals surface area contributed by atoms with E-state index in [0.29, 0.717) is 31.4 Å². The van der Waals surface area contributed by atoms with E-state index in [4.69, 9.17) is 19.7 Å². The van der Waals surface area contributed by atoms with Crippen molar-refractivity contribution in [2.75, 3.05) is 37.8 Å². The molecule has 4 rings (SSSR count). The normalized spacial score (nSPS) is 22.6. The maximum Gasteiger partial charge on any atom is 0.351 e. The molecule has 0 saturated carbocycles. The summed E-state index contributed by atoms with van der Waals surface area (Å²) in [6.45, 7) is 4.83. The molecular formula is C26H37FN5O6PS. The summed E-state index contributed by atoms with van der Waals surface area (Å²) < 4.78 is 48.2. The van der Waals surface area contributed by atoms with E-state index in [2.05, 4.69) is 22.2 Å². The van der Waals surface area contributed by atoms with E-state index in [1.807, 2.05) is 25.1 Å². The molecule has 0 bridgehead atoms. The predicted octanol–water partition coefficient (Wildman–Crippen LogP) is 3.88. The first-order valence-electron chi connectivity index (χ1n) is 13.5. The second-order valence-electron chi connectivity index (χ2n) is 9.84. The number of piperidine rings is 1. The highest BCUT2D eigenvalue weighted by molar-refractivity contribution is 8.00. The van der Waals surface area contributed by atoms with Gasteiger partial charge in [0.1, 0.15) is 17.7 Å². The number of thioether (sulfide) groups is 1. The van der Waals surface area contributed by atoms with Gasteiger partial charge < -0.3 is 19.7 Å². The van der Waals surface area contributed by atoms with Crippen LogP contribution in [-0.2, 0) is 23.4 Å². The Morgan fingerprint density at radius 3 is 2.75 bits per heavy atom. The van der Waals surface area contributed by atoms with Gasteiger partial charge in [-0.25, -0.2) is 18.9 Å². The molecule has 1 aromatic heterocycles. The number of anilines is 1. The molecule has 0 radical (unpaired) electrons. The molecule has 1 aromatic carbocycles. The van der Waals surface area contributed by atoms with Crippen LogP contribution in [0.1, 0.15) is 57.2 Å². The summed E-state index contributed by atoms with van der Waals surface area (Å²) in [5, 5.41) is 2.93. The molecule has 220 valence electrons. The van der Waals surface area contributed by atoms with Crippen LogP contribution in [-0.4, -0.2) is 63.7 Å². The van der Waals surface area contributed by atoms with Crippen LogP contribution >= 0.6 is 19.4 Å². The number of hydrogen-bond donors (Lipinski definition) is 2. The van der Waals surface area contributed by atoms with Crippen molar-refractivity contribution in [3.05, 3.63) is 58.4 Å². The molecule has 2 saturated heterocycles. The van der Waals surface area contributed by atoms with E-state index >= 15 is 0 Å². The second kappa shape index (κ2) is 14.1. The summed E-state index contributed by atoms with van der Waals surface area (Å²) in [5.74, 6) is -1.12. The van der Waals surface area contributed by atoms with Gasteiger partial charge in [0.05, 0.1) is 19.4 Å². The van der Waals surface area contributed by atoms with Crippen molar-refractivity contribution < 1.29 is 27.7 Å². The Balaban J connectivity index is 1.42. The van der Waals surface area contributed by atoms with E-state index in [9.17, 15) is 18.5 Å². The van der Waals surface area contributed by atoms with Gasteiger partial charge in [-0.2, -0.15) is 4.98 Å². The van der Waals surface area contributed by atoms with Gasteiger partial charge in [0.25, 0.3) is 0 Å². The van der Waals surface area contributed by atoms with Crippen molar-refractivity contribution in [3.8, 4) is 0 Å². The molecule has 4 atom stereocenters. The molecule has 11 nitrogen and oxygen atoms in total. The predicted molar refractivity (Wildman–Crippen MR) is 151 cm³/mol. The fraction of sp³-hybridized carbons (Fsp3) is 0.577. The number of esters is 1. The van der Waals surface area contributed by atoms with Crippen LogP contribution in [0.25, 0.3) is 0 Å². The second-order valence-corrected chi connectivity index (χ2v) is 13.2. The van der Waals surface area contributed by atoms with Crippen LogP contribution in [0.3, 0.4) is 0 Å². The first-order chi connectivity index (χ1) is 19.2.